The van der Waals surface area contributed by atoms with Crippen molar-refractivity contribution in [2.24, 2.45) is 0 Å². The number of imide groups is 2. The van der Waals surface area contributed by atoms with Gasteiger partial charge in [-0.15, -0.1) is 0 Å². The minimum atomic E-state index is -0.364. The van der Waals surface area contributed by atoms with E-state index in [-0.39, 0.29) is 29.0 Å². The third-order valence-corrected chi connectivity index (χ3v) is 16.8. The van der Waals surface area contributed by atoms with Crippen molar-refractivity contribution in [3.05, 3.63) is 178 Å². The summed E-state index contributed by atoms with van der Waals surface area (Å²) in [6, 6.07) is 44.7. The van der Waals surface area contributed by atoms with E-state index >= 15 is 0 Å². The van der Waals surface area contributed by atoms with Crippen LogP contribution in [0.2, 0.25) is 0 Å². The van der Waals surface area contributed by atoms with Crippen LogP contribution in [0.3, 0.4) is 0 Å². The summed E-state index contributed by atoms with van der Waals surface area (Å²) in [7, 11) is 0. The number of benzene rings is 9. The number of anilines is 2. The number of unbranched alkanes of at least 4 members (excludes halogenated alkanes) is 10. The lowest BCUT2D eigenvalue weighted by molar-refractivity contribution is 0.0877. The van der Waals surface area contributed by atoms with Crippen molar-refractivity contribution < 1.29 is 19.2 Å². The van der Waals surface area contributed by atoms with Gasteiger partial charge in [0.25, 0.3) is 23.6 Å². The molecule has 6 heteroatoms. The van der Waals surface area contributed by atoms with E-state index in [9.17, 15) is 19.2 Å². The molecule has 6 nitrogen and oxygen atoms in total. The first kappa shape index (κ1) is 46.6. The molecule has 9 aromatic rings. The lowest BCUT2D eigenvalue weighted by atomic mass is 9.70. The van der Waals surface area contributed by atoms with Crippen molar-refractivity contribution in [3.8, 4) is 22.3 Å². The van der Waals surface area contributed by atoms with Gasteiger partial charge in [-0.1, -0.05) is 181 Å². The summed E-state index contributed by atoms with van der Waals surface area (Å²) in [6.45, 7) is 8.78. The highest BCUT2D eigenvalue weighted by Crippen LogP contribution is 2.56. The van der Waals surface area contributed by atoms with Crippen LogP contribution >= 0.6 is 0 Å². The summed E-state index contributed by atoms with van der Waals surface area (Å²) in [5.41, 5.74) is 13.1. The van der Waals surface area contributed by atoms with E-state index < -0.39 is 0 Å². The lowest BCUT2D eigenvalue weighted by Crippen LogP contribution is -2.40. The van der Waals surface area contributed by atoms with Gasteiger partial charge < -0.3 is 0 Å². The number of rotatable bonds is 17. The number of hydrogen-bond acceptors (Lipinski definition) is 4. The molecule has 4 amide bonds. The molecular weight excluding hydrogens is 897 g/mol. The van der Waals surface area contributed by atoms with Gasteiger partial charge in [0.1, 0.15) is 0 Å². The van der Waals surface area contributed by atoms with E-state index in [0.29, 0.717) is 44.4 Å². The predicted octanol–water partition coefficient (Wildman–Crippen LogP) is 17.4. The van der Waals surface area contributed by atoms with Crippen LogP contribution in [0.15, 0.2) is 133 Å². The monoisotopic (exact) mass is 958 g/mol. The van der Waals surface area contributed by atoms with Crippen LogP contribution < -0.4 is 9.80 Å². The first-order valence-electron chi connectivity index (χ1n) is 27.0. The summed E-state index contributed by atoms with van der Waals surface area (Å²) in [5, 5.41) is 6.38. The van der Waals surface area contributed by atoms with E-state index in [4.69, 9.17) is 0 Å². The third-order valence-electron chi connectivity index (χ3n) is 16.8. The van der Waals surface area contributed by atoms with Crippen molar-refractivity contribution in [3.63, 3.8) is 0 Å². The lowest BCUT2D eigenvalue weighted by Gasteiger charge is -2.33. The molecule has 1 aliphatic carbocycles. The summed E-state index contributed by atoms with van der Waals surface area (Å²) in [5.74, 6) is -1.45. The Morgan fingerprint density at radius 3 is 1.15 bits per heavy atom. The van der Waals surface area contributed by atoms with Gasteiger partial charge in [-0.2, -0.15) is 0 Å². The Labute approximate surface area is 428 Å². The Morgan fingerprint density at radius 2 is 0.699 bits per heavy atom. The molecule has 9 aromatic carbocycles. The molecule has 0 aromatic heterocycles. The zero-order valence-electron chi connectivity index (χ0n) is 42.6. The SMILES string of the molecule is CCCCCCCCC1(CCCCCCCC)c2cc(C)ccc2-c2ccc(-c3ccc(N4C(=O)c5ccc6c7ccc8c9c(ccc(c%10ccc(c5c6%10)C4=O)c97)C(=O)N(c4ccc(C)cc4)C8=O)cc3)cc21. The van der Waals surface area contributed by atoms with E-state index in [2.05, 4.69) is 69.3 Å². The Kier molecular flexibility index (Phi) is 11.8. The number of carbonyl (C=O) groups excluding carboxylic acids is 4. The van der Waals surface area contributed by atoms with E-state index in [1.807, 2.05) is 79.7 Å². The molecule has 0 unspecified atom stereocenters. The maximum absolute atomic E-state index is 14.8. The maximum atomic E-state index is 14.8. The average Bonchev–Trinajstić information content (AvgIpc) is 3.66. The largest absolute Gasteiger partial charge is 0.268 e. The summed E-state index contributed by atoms with van der Waals surface area (Å²) < 4.78 is 0. The Morgan fingerprint density at radius 1 is 0.342 bits per heavy atom. The van der Waals surface area contributed by atoms with Gasteiger partial charge >= 0.3 is 0 Å². The van der Waals surface area contributed by atoms with Crippen molar-refractivity contribution in [1.82, 2.24) is 0 Å². The maximum Gasteiger partial charge on any atom is 0.265 e. The van der Waals surface area contributed by atoms with Crippen LogP contribution in [0.1, 0.15) is 167 Å². The molecule has 0 radical (unpaired) electrons. The van der Waals surface area contributed by atoms with Crippen LogP contribution in [-0.2, 0) is 5.41 Å². The highest BCUT2D eigenvalue weighted by Gasteiger charge is 2.43. The van der Waals surface area contributed by atoms with Crippen LogP contribution in [0.4, 0.5) is 11.4 Å². The van der Waals surface area contributed by atoms with Gasteiger partial charge in [0.2, 0.25) is 0 Å². The molecular formula is C67H62N2O4. The minimum Gasteiger partial charge on any atom is -0.268 e. The Hall–Kier alpha value is -7.44. The second-order valence-electron chi connectivity index (χ2n) is 21.3. The zero-order valence-corrected chi connectivity index (χ0v) is 42.6. The second-order valence-corrected chi connectivity index (χ2v) is 21.3. The van der Waals surface area contributed by atoms with Gasteiger partial charge in [-0.3, -0.25) is 19.2 Å². The van der Waals surface area contributed by atoms with Gasteiger partial charge in [0, 0.05) is 38.4 Å². The molecule has 0 saturated heterocycles. The molecule has 0 atom stereocenters. The standard InChI is InChI=1S/C67H62N2O4/c1-5-7-9-11-13-15-37-67(38-16-14-12-10-8-6-2)57-39-42(4)19-27-47(57)48-28-22-44(40-58(48)67)43-20-25-46(26-21-43)69-65(72)55-35-31-51-49-29-33-53-61-54(64(71)68(63(53)70)45-23-17-41(3)18-24-45)34-30-50(59(49)61)52-32-36-56(66(69)73)62(55)60(51)52/h17-36,39-40H,5-16,37-38H2,1-4H3. The van der Waals surface area contributed by atoms with Crippen LogP contribution in [0, 0.1) is 13.8 Å². The summed E-state index contributed by atoms with van der Waals surface area (Å²) in [4.78, 5) is 60.5. The highest BCUT2D eigenvalue weighted by atomic mass is 16.2. The van der Waals surface area contributed by atoms with Gasteiger partial charge in [0.15, 0.2) is 0 Å². The smallest absolute Gasteiger partial charge is 0.265 e. The van der Waals surface area contributed by atoms with E-state index in [0.717, 1.165) is 61.8 Å². The molecule has 0 bridgehead atoms. The normalized spacial score (nSPS) is 14.7. The van der Waals surface area contributed by atoms with Gasteiger partial charge in [-0.05, 0) is 147 Å². The first-order chi connectivity index (χ1) is 35.6. The number of carbonyl (C=O) groups is 4. The Balaban J connectivity index is 0.878. The fourth-order valence-electron chi connectivity index (χ4n) is 13.1. The van der Waals surface area contributed by atoms with Crippen LogP contribution in [0.5, 0.6) is 0 Å². The molecule has 2 aliphatic heterocycles. The summed E-state index contributed by atoms with van der Waals surface area (Å²) >= 11 is 0. The fourth-order valence-corrected chi connectivity index (χ4v) is 13.1. The molecule has 12 rings (SSSR count). The molecule has 3 aliphatic rings. The molecule has 2 heterocycles. The predicted molar refractivity (Wildman–Crippen MR) is 300 cm³/mol. The molecule has 0 fully saturated rings. The second kappa shape index (κ2) is 18.6. The van der Waals surface area contributed by atoms with Crippen molar-refractivity contribution >= 4 is 78.1 Å². The number of nitrogens with zero attached hydrogens (tertiary/aromatic N) is 2. The number of amides is 4. The van der Waals surface area contributed by atoms with Gasteiger partial charge in [-0.25, -0.2) is 9.80 Å². The molecule has 73 heavy (non-hydrogen) atoms. The zero-order chi connectivity index (χ0) is 50.1. The van der Waals surface area contributed by atoms with Crippen LogP contribution in [0.25, 0.3) is 65.3 Å². The fraction of sp³-hybridized carbons (Fsp3) is 0.284. The van der Waals surface area contributed by atoms with Crippen molar-refractivity contribution in [2.45, 2.75) is 123 Å². The van der Waals surface area contributed by atoms with Gasteiger partial charge in [0.05, 0.1) is 11.4 Å². The average molecular weight is 959 g/mol. The molecule has 0 saturated carbocycles. The van der Waals surface area contributed by atoms with Crippen molar-refractivity contribution in [2.75, 3.05) is 9.80 Å². The number of aryl methyl sites for hydroxylation is 2. The topological polar surface area (TPSA) is 74.8 Å². The minimum absolute atomic E-state index is 0.0417. The summed E-state index contributed by atoms with van der Waals surface area (Å²) in [6.07, 6.45) is 17.6. The van der Waals surface area contributed by atoms with E-state index in [1.165, 1.54) is 115 Å². The quantitative estimate of drug-likeness (QED) is 0.0394. The molecule has 364 valence electrons. The van der Waals surface area contributed by atoms with E-state index in [1.54, 1.807) is 12.1 Å². The Bertz CT molecular complexity index is 3580. The molecule has 0 spiro atoms. The number of hydrogen-bond donors (Lipinski definition) is 0. The molecule has 0 N–H and O–H groups in total. The highest BCUT2D eigenvalue weighted by molar-refractivity contribution is 6.45. The number of fused-ring (bicyclic) bond motifs is 5. The van der Waals surface area contributed by atoms with Crippen LogP contribution in [-0.4, -0.2) is 23.6 Å². The first-order valence-corrected chi connectivity index (χ1v) is 27.0. The third kappa shape index (κ3) is 7.42. The van der Waals surface area contributed by atoms with Crippen molar-refractivity contribution in [1.29, 1.82) is 0 Å².